The Morgan fingerprint density at radius 2 is 2.11 bits per heavy atom. The van der Waals surface area contributed by atoms with E-state index in [4.69, 9.17) is 5.73 Å². The van der Waals surface area contributed by atoms with Crippen molar-refractivity contribution in [3.8, 4) is 0 Å². The first kappa shape index (κ1) is 19.2. The molecule has 1 aromatic heterocycles. The van der Waals surface area contributed by atoms with Gasteiger partial charge in [0.05, 0.1) is 6.54 Å². The van der Waals surface area contributed by atoms with Gasteiger partial charge in [-0.05, 0) is 49.8 Å². The van der Waals surface area contributed by atoms with Gasteiger partial charge in [-0.25, -0.2) is 0 Å². The molecule has 0 saturated carbocycles. The van der Waals surface area contributed by atoms with E-state index in [0.29, 0.717) is 25.8 Å². The Kier molecular flexibility index (Phi) is 5.95. The number of amides is 3. The van der Waals surface area contributed by atoms with E-state index in [-0.39, 0.29) is 30.3 Å². The molecule has 8 heteroatoms. The van der Waals surface area contributed by atoms with Crippen molar-refractivity contribution in [1.29, 1.82) is 0 Å². The fourth-order valence-corrected chi connectivity index (χ4v) is 3.98. The molecule has 146 valence electrons. The lowest BCUT2D eigenvalue weighted by atomic mass is 9.98. The van der Waals surface area contributed by atoms with Gasteiger partial charge in [-0.1, -0.05) is 6.58 Å². The molecule has 1 unspecified atom stereocenters. The summed E-state index contributed by atoms with van der Waals surface area (Å²) in [5.74, 6) is -0.652. The highest BCUT2D eigenvalue weighted by Crippen LogP contribution is 2.32. The van der Waals surface area contributed by atoms with Gasteiger partial charge in [-0.15, -0.1) is 0 Å². The predicted molar refractivity (Wildman–Crippen MR) is 101 cm³/mol. The van der Waals surface area contributed by atoms with Gasteiger partial charge in [-0.2, -0.15) is 0 Å². The second-order valence-electron chi connectivity index (χ2n) is 7.10. The number of piperidine rings is 1. The Bertz CT molecular complexity index is 729. The zero-order valence-electron chi connectivity index (χ0n) is 15.4. The van der Waals surface area contributed by atoms with Crippen LogP contribution in [0.5, 0.6) is 0 Å². The van der Waals surface area contributed by atoms with Gasteiger partial charge in [0.25, 0.3) is 0 Å². The Morgan fingerprint density at radius 1 is 1.33 bits per heavy atom. The summed E-state index contributed by atoms with van der Waals surface area (Å²) in [4.78, 5) is 41.7. The van der Waals surface area contributed by atoms with Crippen molar-refractivity contribution in [1.82, 2.24) is 20.5 Å². The molecule has 2 fully saturated rings. The maximum atomic E-state index is 12.8. The minimum atomic E-state index is -0.581. The Labute approximate surface area is 158 Å². The number of carbonyl (C=O) groups is 3. The highest BCUT2D eigenvalue weighted by atomic mass is 16.2. The highest BCUT2D eigenvalue weighted by molar-refractivity contribution is 5.93. The van der Waals surface area contributed by atoms with Crippen LogP contribution in [0.2, 0.25) is 0 Å². The third-order valence-electron chi connectivity index (χ3n) is 5.36. The van der Waals surface area contributed by atoms with E-state index in [1.54, 1.807) is 11.0 Å². The van der Waals surface area contributed by atoms with Gasteiger partial charge in [0.1, 0.15) is 12.1 Å². The summed E-state index contributed by atoms with van der Waals surface area (Å²) >= 11 is 0. The zero-order valence-corrected chi connectivity index (χ0v) is 15.4. The number of rotatable bonds is 7. The minimum Gasteiger partial charge on any atom is -0.361 e. The smallest absolute Gasteiger partial charge is 0.246 e. The molecule has 0 radical (unpaired) electrons. The number of nitrogens with zero attached hydrogens (tertiary/aromatic N) is 1. The molecule has 1 aromatic rings. The zero-order chi connectivity index (χ0) is 19.4. The summed E-state index contributed by atoms with van der Waals surface area (Å²) in [7, 11) is 0. The molecule has 2 aliphatic heterocycles. The van der Waals surface area contributed by atoms with Crippen molar-refractivity contribution < 1.29 is 14.4 Å². The van der Waals surface area contributed by atoms with Gasteiger partial charge in [0.15, 0.2) is 0 Å². The molecular weight excluding hydrogens is 346 g/mol. The van der Waals surface area contributed by atoms with Crippen LogP contribution in [0.25, 0.3) is 6.08 Å². The van der Waals surface area contributed by atoms with Crippen LogP contribution in [0.3, 0.4) is 0 Å². The van der Waals surface area contributed by atoms with Gasteiger partial charge in [0, 0.05) is 24.5 Å². The number of aromatic nitrogens is 1. The highest BCUT2D eigenvalue weighted by Gasteiger charge is 2.46. The Balaban J connectivity index is 1.55. The van der Waals surface area contributed by atoms with Crippen LogP contribution < -0.4 is 16.4 Å². The fraction of sp³-hybridized carbons (Fsp3) is 0.526. The van der Waals surface area contributed by atoms with E-state index >= 15 is 0 Å². The molecule has 0 spiro atoms. The maximum absolute atomic E-state index is 12.8. The topological polar surface area (TPSA) is 120 Å². The van der Waals surface area contributed by atoms with Crippen molar-refractivity contribution in [2.45, 2.75) is 50.2 Å². The first-order valence-corrected chi connectivity index (χ1v) is 9.42. The van der Waals surface area contributed by atoms with Crippen LogP contribution in [0.1, 0.15) is 36.9 Å². The number of hydrogen-bond donors (Lipinski definition) is 4. The quantitative estimate of drug-likeness (QED) is 0.534. The molecule has 3 rings (SSSR count). The van der Waals surface area contributed by atoms with Crippen LogP contribution in [0.15, 0.2) is 18.8 Å². The van der Waals surface area contributed by atoms with Crippen molar-refractivity contribution in [3.05, 3.63) is 30.1 Å². The number of aromatic amines is 1. The van der Waals surface area contributed by atoms with Gasteiger partial charge < -0.3 is 26.3 Å². The average molecular weight is 373 g/mol. The van der Waals surface area contributed by atoms with Crippen molar-refractivity contribution in [3.63, 3.8) is 0 Å². The van der Waals surface area contributed by atoms with Crippen molar-refractivity contribution >= 4 is 23.8 Å². The lowest BCUT2D eigenvalue weighted by Crippen LogP contribution is -2.59. The van der Waals surface area contributed by atoms with Gasteiger partial charge in [0.2, 0.25) is 17.7 Å². The molecule has 3 atom stereocenters. The molecule has 0 aliphatic carbocycles. The van der Waals surface area contributed by atoms with E-state index in [9.17, 15) is 14.4 Å². The van der Waals surface area contributed by atoms with Crippen LogP contribution in [-0.2, 0) is 20.8 Å². The van der Waals surface area contributed by atoms with E-state index in [2.05, 4.69) is 22.2 Å². The molecule has 3 amide bonds. The summed E-state index contributed by atoms with van der Waals surface area (Å²) in [6.07, 6.45) is 7.20. The molecule has 27 heavy (non-hydrogen) atoms. The normalized spacial score (nSPS) is 24.4. The summed E-state index contributed by atoms with van der Waals surface area (Å²) in [5.41, 5.74) is 7.36. The first-order valence-electron chi connectivity index (χ1n) is 9.42. The minimum absolute atomic E-state index is 0.0825. The number of hydrogen-bond acceptors (Lipinski definition) is 4. The second-order valence-corrected chi connectivity index (χ2v) is 7.10. The molecule has 0 bridgehead atoms. The largest absolute Gasteiger partial charge is 0.361 e. The standard InChI is InChI=1S/C19H27N5O3/c1-2-13-9-12(11-22-13)7-8-21-18(26)16-6-4-14-3-5-15(19(27)24(14)16)23-17(25)10-20/h2,9,11,14-16,22H,1,3-8,10,20H2,(H,21,26)(H,23,25)/t14-,15?,16-/m0/s1. The average Bonchev–Trinajstić information content (AvgIpc) is 3.30. The number of nitrogens with two attached hydrogens (primary N) is 1. The van der Waals surface area contributed by atoms with Crippen LogP contribution in [0.4, 0.5) is 0 Å². The Morgan fingerprint density at radius 3 is 2.81 bits per heavy atom. The molecule has 2 saturated heterocycles. The molecule has 2 aliphatic rings. The molecule has 0 aromatic carbocycles. The van der Waals surface area contributed by atoms with E-state index in [0.717, 1.165) is 24.1 Å². The number of H-pyrrole nitrogens is 1. The summed E-state index contributed by atoms with van der Waals surface area (Å²) < 4.78 is 0. The molecular formula is C19H27N5O3. The van der Waals surface area contributed by atoms with Crippen LogP contribution >= 0.6 is 0 Å². The molecule has 8 nitrogen and oxygen atoms in total. The summed E-state index contributed by atoms with van der Waals surface area (Å²) in [5, 5.41) is 5.61. The lowest BCUT2D eigenvalue weighted by molar-refractivity contribution is -0.146. The number of carbonyl (C=O) groups excluding carboxylic acids is 3. The number of nitrogens with one attached hydrogen (secondary N) is 3. The third-order valence-corrected chi connectivity index (χ3v) is 5.36. The van der Waals surface area contributed by atoms with Gasteiger partial charge >= 0.3 is 0 Å². The van der Waals surface area contributed by atoms with Crippen LogP contribution in [0, 0.1) is 0 Å². The van der Waals surface area contributed by atoms with Crippen molar-refractivity contribution in [2.75, 3.05) is 13.1 Å². The third kappa shape index (κ3) is 4.21. The number of fused-ring (bicyclic) bond motifs is 1. The van der Waals surface area contributed by atoms with Gasteiger partial charge in [-0.3, -0.25) is 14.4 Å². The lowest BCUT2D eigenvalue weighted by Gasteiger charge is -2.37. The van der Waals surface area contributed by atoms with E-state index in [1.807, 2.05) is 12.3 Å². The molecule has 5 N–H and O–H groups in total. The SMILES string of the molecule is C=Cc1cc(CCNC(=O)[C@@H]2CC[C@@H]3CCC(NC(=O)CN)C(=O)N32)c[nH]1. The maximum Gasteiger partial charge on any atom is 0.246 e. The first-order chi connectivity index (χ1) is 13.0. The van der Waals surface area contributed by atoms with Crippen LogP contribution in [-0.4, -0.2) is 58.8 Å². The van der Waals surface area contributed by atoms with E-state index < -0.39 is 12.1 Å². The second kappa shape index (κ2) is 8.39. The molecule has 3 heterocycles. The predicted octanol–water partition coefficient (Wildman–Crippen LogP) is -0.0867. The Hall–Kier alpha value is -2.61. The fourth-order valence-electron chi connectivity index (χ4n) is 3.98. The summed E-state index contributed by atoms with van der Waals surface area (Å²) in [6, 6.07) is 1.03. The summed E-state index contributed by atoms with van der Waals surface area (Å²) in [6.45, 7) is 4.06. The monoisotopic (exact) mass is 373 g/mol. The van der Waals surface area contributed by atoms with Crippen molar-refractivity contribution in [2.24, 2.45) is 5.73 Å². The van der Waals surface area contributed by atoms with E-state index in [1.165, 1.54) is 0 Å².